The molecule has 0 saturated heterocycles. The van der Waals surface area contributed by atoms with Crippen LogP contribution in [-0.4, -0.2) is 6.61 Å². The van der Waals surface area contributed by atoms with E-state index in [9.17, 15) is 4.39 Å². The Hall–Kier alpha value is -3.07. The average molecular weight is 390 g/mol. The molecule has 0 bridgehead atoms. The predicted octanol–water partition coefficient (Wildman–Crippen LogP) is 7.40. The van der Waals surface area contributed by atoms with Crippen LogP contribution in [-0.2, 0) is 5.41 Å². The first-order chi connectivity index (χ1) is 14.0. The van der Waals surface area contributed by atoms with E-state index in [-0.39, 0.29) is 17.0 Å². The molecule has 3 aromatic carbocycles. The number of rotatable bonds is 8. The quantitative estimate of drug-likeness (QED) is 0.399. The highest BCUT2D eigenvalue weighted by Gasteiger charge is 2.18. The minimum atomic E-state index is -0.374. The summed E-state index contributed by atoms with van der Waals surface area (Å²) in [6, 6.07) is 22.4. The fraction of sp³-hybridized carbons (Fsp3) is 0.231. The van der Waals surface area contributed by atoms with Crippen LogP contribution in [0.3, 0.4) is 0 Å². The van der Waals surface area contributed by atoms with Gasteiger partial charge in [0.25, 0.3) is 0 Å². The van der Waals surface area contributed by atoms with Gasteiger partial charge in [0.1, 0.15) is 11.5 Å². The number of halogens is 1. The summed E-state index contributed by atoms with van der Waals surface area (Å²) in [5.74, 6) is 1.36. The molecule has 0 aliphatic heterocycles. The standard InChI is InChI=1S/C26H27FO2/c1-4-28-22-15-13-21(14-16-22)26(2,3)18-8-9-20-12-17-24(27)25(19-20)29-23-10-6-5-7-11-23/h5-17,19H,4,18H2,1-3H3. The molecule has 0 aliphatic carbocycles. The molecule has 0 N–H and O–H groups in total. The Morgan fingerprint density at radius 3 is 2.31 bits per heavy atom. The van der Waals surface area contributed by atoms with Crippen molar-refractivity contribution < 1.29 is 13.9 Å². The zero-order valence-corrected chi connectivity index (χ0v) is 17.2. The molecule has 0 amide bonds. The van der Waals surface area contributed by atoms with Crippen LogP contribution >= 0.6 is 0 Å². The Kier molecular flexibility index (Phi) is 6.71. The molecule has 0 aliphatic rings. The van der Waals surface area contributed by atoms with Crippen molar-refractivity contribution in [1.29, 1.82) is 0 Å². The van der Waals surface area contributed by atoms with Gasteiger partial charge in [-0.2, -0.15) is 0 Å². The lowest BCUT2D eigenvalue weighted by Crippen LogP contribution is -2.15. The number of benzene rings is 3. The molecule has 0 fully saturated rings. The van der Waals surface area contributed by atoms with E-state index in [1.807, 2.05) is 43.3 Å². The summed E-state index contributed by atoms with van der Waals surface area (Å²) >= 11 is 0. The highest BCUT2D eigenvalue weighted by atomic mass is 19.1. The number of hydrogen-bond donors (Lipinski definition) is 0. The van der Waals surface area contributed by atoms with Crippen LogP contribution in [0.15, 0.2) is 78.9 Å². The first-order valence-electron chi connectivity index (χ1n) is 9.90. The van der Waals surface area contributed by atoms with E-state index < -0.39 is 0 Å². The van der Waals surface area contributed by atoms with Gasteiger partial charge >= 0.3 is 0 Å². The molecule has 0 heterocycles. The lowest BCUT2D eigenvalue weighted by atomic mass is 9.81. The topological polar surface area (TPSA) is 18.5 Å². The molecule has 3 heteroatoms. The summed E-state index contributed by atoms with van der Waals surface area (Å²) in [4.78, 5) is 0. The largest absolute Gasteiger partial charge is 0.494 e. The third-order valence-electron chi connectivity index (χ3n) is 4.81. The summed E-state index contributed by atoms with van der Waals surface area (Å²) in [6.45, 7) is 7.07. The van der Waals surface area contributed by atoms with Gasteiger partial charge in [-0.1, -0.05) is 62.4 Å². The van der Waals surface area contributed by atoms with Crippen LogP contribution in [0.1, 0.15) is 38.3 Å². The van der Waals surface area contributed by atoms with Crippen LogP contribution in [0.5, 0.6) is 17.2 Å². The Balaban J connectivity index is 1.68. The van der Waals surface area contributed by atoms with Crippen molar-refractivity contribution in [3.63, 3.8) is 0 Å². The number of hydrogen-bond acceptors (Lipinski definition) is 2. The number of ether oxygens (including phenoxy) is 2. The van der Waals surface area contributed by atoms with Gasteiger partial charge in [-0.25, -0.2) is 4.39 Å². The van der Waals surface area contributed by atoms with Gasteiger partial charge in [0.15, 0.2) is 11.6 Å². The molecule has 150 valence electrons. The summed E-state index contributed by atoms with van der Waals surface area (Å²) in [5.41, 5.74) is 2.13. The summed E-state index contributed by atoms with van der Waals surface area (Å²) in [5, 5.41) is 0. The van der Waals surface area contributed by atoms with E-state index in [4.69, 9.17) is 9.47 Å². The molecule has 0 radical (unpaired) electrons. The smallest absolute Gasteiger partial charge is 0.165 e. The van der Waals surface area contributed by atoms with Crippen molar-refractivity contribution in [3.8, 4) is 17.2 Å². The van der Waals surface area contributed by atoms with E-state index >= 15 is 0 Å². The summed E-state index contributed by atoms with van der Waals surface area (Å²) in [6.07, 6.45) is 4.98. The molecule has 3 rings (SSSR count). The first-order valence-corrected chi connectivity index (χ1v) is 9.90. The molecule has 0 aromatic heterocycles. The van der Waals surface area contributed by atoms with Crippen LogP contribution in [0.25, 0.3) is 6.08 Å². The van der Waals surface area contributed by atoms with Gasteiger partial charge in [-0.3, -0.25) is 0 Å². The second kappa shape index (κ2) is 9.42. The van der Waals surface area contributed by atoms with Gasteiger partial charge in [0.2, 0.25) is 0 Å². The minimum absolute atomic E-state index is 0.0232. The van der Waals surface area contributed by atoms with E-state index in [0.29, 0.717) is 12.4 Å². The van der Waals surface area contributed by atoms with Crippen molar-refractivity contribution in [2.75, 3.05) is 6.61 Å². The highest BCUT2D eigenvalue weighted by molar-refractivity contribution is 5.53. The van der Waals surface area contributed by atoms with Crippen molar-refractivity contribution >= 4 is 6.08 Å². The van der Waals surface area contributed by atoms with Crippen LogP contribution < -0.4 is 9.47 Å². The lowest BCUT2D eigenvalue weighted by Gasteiger charge is -2.24. The Labute approximate surface area is 172 Å². The fourth-order valence-corrected chi connectivity index (χ4v) is 3.09. The second-order valence-electron chi connectivity index (χ2n) is 7.55. The molecule has 0 atom stereocenters. The van der Waals surface area contributed by atoms with Crippen molar-refractivity contribution in [1.82, 2.24) is 0 Å². The van der Waals surface area contributed by atoms with Gasteiger partial charge in [-0.05, 0) is 66.3 Å². The van der Waals surface area contributed by atoms with Crippen LogP contribution in [0.2, 0.25) is 0 Å². The number of allylic oxidation sites excluding steroid dienone is 1. The maximum Gasteiger partial charge on any atom is 0.165 e. The first kappa shape index (κ1) is 20.7. The van der Waals surface area contributed by atoms with E-state index in [0.717, 1.165) is 17.7 Å². The van der Waals surface area contributed by atoms with Crippen LogP contribution in [0.4, 0.5) is 4.39 Å². The molecule has 0 unspecified atom stereocenters. The highest BCUT2D eigenvalue weighted by Crippen LogP contribution is 2.30. The van der Waals surface area contributed by atoms with Gasteiger partial charge in [0, 0.05) is 0 Å². The zero-order valence-electron chi connectivity index (χ0n) is 17.2. The lowest BCUT2D eigenvalue weighted by molar-refractivity contribution is 0.340. The van der Waals surface area contributed by atoms with E-state index in [1.165, 1.54) is 11.6 Å². The molecule has 29 heavy (non-hydrogen) atoms. The number of para-hydroxylation sites is 1. The Bertz CT molecular complexity index is 944. The van der Waals surface area contributed by atoms with Crippen molar-refractivity contribution in [2.45, 2.75) is 32.6 Å². The molecule has 0 spiro atoms. The second-order valence-corrected chi connectivity index (χ2v) is 7.55. The third kappa shape index (κ3) is 5.71. The normalized spacial score (nSPS) is 11.6. The van der Waals surface area contributed by atoms with Gasteiger partial charge < -0.3 is 9.47 Å². The van der Waals surface area contributed by atoms with Crippen molar-refractivity contribution in [3.05, 3.63) is 95.8 Å². The minimum Gasteiger partial charge on any atom is -0.494 e. The third-order valence-corrected chi connectivity index (χ3v) is 4.81. The molecule has 2 nitrogen and oxygen atoms in total. The SMILES string of the molecule is CCOc1ccc(C(C)(C)CC=Cc2ccc(F)c(Oc3ccccc3)c2)cc1. The Morgan fingerprint density at radius 2 is 1.62 bits per heavy atom. The molecule has 0 saturated carbocycles. The zero-order chi connectivity index (χ0) is 20.7. The fourth-order valence-electron chi connectivity index (χ4n) is 3.09. The maximum absolute atomic E-state index is 14.1. The maximum atomic E-state index is 14.1. The Morgan fingerprint density at radius 1 is 0.897 bits per heavy atom. The molecule has 3 aromatic rings. The monoisotopic (exact) mass is 390 g/mol. The molecular formula is C26H27FO2. The summed E-state index contributed by atoms with van der Waals surface area (Å²) in [7, 11) is 0. The van der Waals surface area contributed by atoms with Crippen LogP contribution in [0, 0.1) is 5.82 Å². The average Bonchev–Trinajstić information content (AvgIpc) is 2.72. The van der Waals surface area contributed by atoms with Gasteiger partial charge in [-0.15, -0.1) is 0 Å². The molecular weight excluding hydrogens is 363 g/mol. The van der Waals surface area contributed by atoms with E-state index in [1.54, 1.807) is 24.3 Å². The van der Waals surface area contributed by atoms with Gasteiger partial charge in [0.05, 0.1) is 6.61 Å². The van der Waals surface area contributed by atoms with Crippen molar-refractivity contribution in [2.24, 2.45) is 0 Å². The predicted molar refractivity (Wildman–Crippen MR) is 117 cm³/mol. The summed E-state index contributed by atoms with van der Waals surface area (Å²) < 4.78 is 25.3. The van der Waals surface area contributed by atoms with E-state index in [2.05, 4.69) is 32.1 Å².